The van der Waals surface area contributed by atoms with Gasteiger partial charge in [0.05, 0.1) is 23.7 Å². The molecule has 0 aliphatic rings. The molecule has 0 unspecified atom stereocenters. The van der Waals surface area contributed by atoms with E-state index in [9.17, 15) is 18.3 Å². The molecule has 0 saturated heterocycles. The SMILES string of the molecule is COc1ccccc1NS(=O)(=O)c1ccc(N)c(C(=O)[O-])c1. The van der Waals surface area contributed by atoms with Crippen LogP contribution in [0.3, 0.4) is 0 Å². The summed E-state index contributed by atoms with van der Waals surface area (Å²) >= 11 is 0. The van der Waals surface area contributed by atoms with Gasteiger partial charge >= 0.3 is 0 Å². The van der Waals surface area contributed by atoms with Crippen molar-refractivity contribution in [2.45, 2.75) is 4.90 Å². The van der Waals surface area contributed by atoms with Gasteiger partial charge in [-0.2, -0.15) is 0 Å². The number of methoxy groups -OCH3 is 1. The van der Waals surface area contributed by atoms with Crippen molar-refractivity contribution in [2.75, 3.05) is 17.6 Å². The van der Waals surface area contributed by atoms with Crippen LogP contribution in [-0.2, 0) is 10.0 Å². The molecule has 0 spiro atoms. The topological polar surface area (TPSA) is 122 Å². The average molecular weight is 321 g/mol. The third-order valence-corrected chi connectivity index (χ3v) is 4.27. The van der Waals surface area contributed by atoms with E-state index < -0.39 is 16.0 Å². The Morgan fingerprint density at radius 2 is 1.91 bits per heavy atom. The van der Waals surface area contributed by atoms with Crippen molar-refractivity contribution in [2.24, 2.45) is 0 Å². The fourth-order valence-corrected chi connectivity index (χ4v) is 2.91. The van der Waals surface area contributed by atoms with Gasteiger partial charge in [0, 0.05) is 11.3 Å². The smallest absolute Gasteiger partial charge is 0.262 e. The van der Waals surface area contributed by atoms with E-state index in [0.29, 0.717) is 5.75 Å². The van der Waals surface area contributed by atoms with Crippen molar-refractivity contribution in [3.8, 4) is 5.75 Å². The van der Waals surface area contributed by atoms with Crippen LogP contribution >= 0.6 is 0 Å². The molecule has 0 atom stereocenters. The lowest BCUT2D eigenvalue weighted by Crippen LogP contribution is -2.24. The number of carboxylic acid groups (broad SMARTS) is 1. The monoisotopic (exact) mass is 321 g/mol. The lowest BCUT2D eigenvalue weighted by molar-refractivity contribution is -0.254. The fourth-order valence-electron chi connectivity index (χ4n) is 1.81. The predicted molar refractivity (Wildman–Crippen MR) is 79.0 cm³/mol. The summed E-state index contributed by atoms with van der Waals surface area (Å²) in [5, 5.41) is 10.9. The Morgan fingerprint density at radius 3 is 2.55 bits per heavy atom. The van der Waals surface area contributed by atoms with Gasteiger partial charge in [0.1, 0.15) is 5.75 Å². The number of para-hydroxylation sites is 2. The van der Waals surface area contributed by atoms with Gasteiger partial charge in [0.15, 0.2) is 0 Å². The highest BCUT2D eigenvalue weighted by atomic mass is 32.2. The third kappa shape index (κ3) is 3.12. The molecule has 22 heavy (non-hydrogen) atoms. The summed E-state index contributed by atoms with van der Waals surface area (Å²) in [5.74, 6) is -1.21. The number of hydrogen-bond donors (Lipinski definition) is 2. The summed E-state index contributed by atoms with van der Waals surface area (Å²) in [6.07, 6.45) is 0. The van der Waals surface area contributed by atoms with Crippen LogP contribution in [-0.4, -0.2) is 21.5 Å². The van der Waals surface area contributed by atoms with E-state index in [2.05, 4.69) is 4.72 Å². The summed E-state index contributed by atoms with van der Waals surface area (Å²) < 4.78 is 32.1. The normalized spacial score (nSPS) is 11.0. The number of aromatic carboxylic acids is 1. The number of nitrogens with one attached hydrogen (secondary N) is 1. The van der Waals surface area contributed by atoms with Gasteiger partial charge < -0.3 is 20.4 Å². The van der Waals surface area contributed by atoms with Gasteiger partial charge in [0.2, 0.25) is 0 Å². The predicted octanol–water partition coefficient (Wildman–Crippen LogP) is 0.442. The summed E-state index contributed by atoms with van der Waals surface area (Å²) in [7, 11) is -2.59. The van der Waals surface area contributed by atoms with Crippen LogP contribution < -0.4 is 20.3 Å². The maximum absolute atomic E-state index is 12.3. The number of carboxylic acids is 1. The number of benzene rings is 2. The minimum atomic E-state index is -4.00. The summed E-state index contributed by atoms with van der Waals surface area (Å²) in [4.78, 5) is 10.7. The Bertz CT molecular complexity index is 818. The molecule has 2 aromatic carbocycles. The average Bonchev–Trinajstić information content (AvgIpc) is 2.47. The molecule has 0 bridgehead atoms. The first kappa shape index (κ1) is 15.6. The van der Waals surface area contributed by atoms with Crippen molar-refractivity contribution in [1.29, 1.82) is 0 Å². The second-order valence-electron chi connectivity index (χ2n) is 4.34. The molecule has 0 amide bonds. The molecule has 2 aromatic rings. The van der Waals surface area contributed by atoms with Crippen molar-refractivity contribution in [3.05, 3.63) is 48.0 Å². The third-order valence-electron chi connectivity index (χ3n) is 2.91. The number of nitrogen functional groups attached to an aromatic ring is 1. The van der Waals surface area contributed by atoms with E-state index in [0.717, 1.165) is 6.07 Å². The van der Waals surface area contributed by atoms with Crippen molar-refractivity contribution in [1.82, 2.24) is 0 Å². The molecule has 2 rings (SSSR count). The van der Waals surface area contributed by atoms with Crippen LogP contribution in [0.4, 0.5) is 11.4 Å². The van der Waals surface area contributed by atoms with Gasteiger partial charge in [-0.15, -0.1) is 0 Å². The molecule has 0 aromatic heterocycles. The molecule has 0 heterocycles. The minimum absolute atomic E-state index is 0.0729. The Morgan fingerprint density at radius 1 is 1.23 bits per heavy atom. The number of carbonyl (C=O) groups is 1. The van der Waals surface area contributed by atoms with Crippen LogP contribution in [0.5, 0.6) is 5.75 Å². The quantitative estimate of drug-likeness (QED) is 0.771. The van der Waals surface area contributed by atoms with Crippen LogP contribution in [0.1, 0.15) is 10.4 Å². The van der Waals surface area contributed by atoms with Crippen LogP contribution in [0, 0.1) is 0 Å². The minimum Gasteiger partial charge on any atom is -0.545 e. The Balaban J connectivity index is 2.43. The first-order chi connectivity index (χ1) is 10.3. The van der Waals surface area contributed by atoms with Gasteiger partial charge in [-0.1, -0.05) is 12.1 Å². The van der Waals surface area contributed by atoms with Crippen LogP contribution in [0.15, 0.2) is 47.4 Å². The molecule has 0 aliphatic heterocycles. The number of ether oxygens (including phenoxy) is 1. The van der Waals surface area contributed by atoms with E-state index in [1.165, 1.54) is 25.3 Å². The number of sulfonamides is 1. The number of anilines is 2. The fraction of sp³-hybridized carbons (Fsp3) is 0.0714. The molecule has 116 valence electrons. The Hall–Kier alpha value is -2.74. The molecule has 0 radical (unpaired) electrons. The van der Waals surface area contributed by atoms with E-state index in [1.54, 1.807) is 18.2 Å². The van der Waals surface area contributed by atoms with Crippen molar-refractivity contribution >= 4 is 27.4 Å². The Labute approximate surface area is 127 Å². The summed E-state index contributed by atoms with van der Waals surface area (Å²) in [6.45, 7) is 0. The van der Waals surface area contributed by atoms with Gasteiger partial charge in [-0.25, -0.2) is 8.42 Å². The van der Waals surface area contributed by atoms with E-state index in [-0.39, 0.29) is 21.8 Å². The Kier molecular flexibility index (Phi) is 4.22. The largest absolute Gasteiger partial charge is 0.545 e. The van der Waals surface area contributed by atoms with Crippen LogP contribution in [0.2, 0.25) is 0 Å². The molecule has 0 fully saturated rings. The zero-order valence-electron chi connectivity index (χ0n) is 11.6. The standard InChI is InChI=1S/C14H14N2O5S/c1-21-13-5-3-2-4-12(13)16-22(19,20)9-6-7-11(15)10(8-9)14(17)18/h2-8,16H,15H2,1H3,(H,17,18)/p-1. The lowest BCUT2D eigenvalue weighted by Gasteiger charge is -2.13. The summed E-state index contributed by atoms with van der Waals surface area (Å²) in [5.41, 5.74) is 5.25. The molecular formula is C14H13N2O5S-. The summed E-state index contributed by atoms with van der Waals surface area (Å²) in [6, 6.07) is 9.79. The zero-order valence-corrected chi connectivity index (χ0v) is 12.4. The van der Waals surface area contributed by atoms with E-state index in [4.69, 9.17) is 10.5 Å². The van der Waals surface area contributed by atoms with E-state index >= 15 is 0 Å². The highest BCUT2D eigenvalue weighted by Gasteiger charge is 2.18. The van der Waals surface area contributed by atoms with Crippen molar-refractivity contribution in [3.63, 3.8) is 0 Å². The maximum Gasteiger partial charge on any atom is 0.262 e. The van der Waals surface area contributed by atoms with Gasteiger partial charge in [0.25, 0.3) is 10.0 Å². The van der Waals surface area contributed by atoms with Crippen LogP contribution in [0.25, 0.3) is 0 Å². The molecule has 0 aliphatic carbocycles. The highest BCUT2D eigenvalue weighted by Crippen LogP contribution is 2.27. The molecule has 0 saturated carbocycles. The molecule has 3 N–H and O–H groups in total. The molecule has 8 heteroatoms. The molecule has 7 nitrogen and oxygen atoms in total. The van der Waals surface area contributed by atoms with Crippen molar-refractivity contribution < 1.29 is 23.1 Å². The second kappa shape index (κ2) is 5.94. The maximum atomic E-state index is 12.3. The highest BCUT2D eigenvalue weighted by molar-refractivity contribution is 7.92. The first-order valence-electron chi connectivity index (χ1n) is 6.12. The number of rotatable bonds is 5. The molecular weight excluding hydrogens is 308 g/mol. The van der Waals surface area contributed by atoms with Gasteiger partial charge in [-0.3, -0.25) is 4.72 Å². The first-order valence-corrected chi connectivity index (χ1v) is 7.60. The number of carbonyl (C=O) groups excluding carboxylic acids is 1. The lowest BCUT2D eigenvalue weighted by atomic mass is 10.2. The number of hydrogen-bond acceptors (Lipinski definition) is 6. The van der Waals surface area contributed by atoms with Gasteiger partial charge in [-0.05, 0) is 30.3 Å². The van der Waals surface area contributed by atoms with E-state index in [1.807, 2.05) is 0 Å². The zero-order chi connectivity index (χ0) is 16.3. The number of nitrogens with two attached hydrogens (primary N) is 1. The second-order valence-corrected chi connectivity index (χ2v) is 6.02.